The van der Waals surface area contributed by atoms with Crippen molar-refractivity contribution in [3.05, 3.63) is 262 Å². The predicted molar refractivity (Wildman–Crippen MR) is 300 cm³/mol. The van der Waals surface area contributed by atoms with Gasteiger partial charge in [-0.05, 0) is 133 Å². The van der Waals surface area contributed by atoms with Gasteiger partial charge in [-0.2, -0.15) is 0 Å². The quantitative estimate of drug-likeness (QED) is 0.0408. The van der Waals surface area contributed by atoms with E-state index in [9.17, 15) is 0 Å². The third kappa shape index (κ3) is 11.1. The molecule has 1 nitrogen and oxygen atoms in total. The first-order valence-electron chi connectivity index (χ1n) is 25.9. The summed E-state index contributed by atoms with van der Waals surface area (Å²) in [6, 6.07) is 76.0. The van der Waals surface area contributed by atoms with Crippen molar-refractivity contribution in [2.75, 3.05) is 0 Å². The van der Waals surface area contributed by atoms with E-state index in [0.717, 1.165) is 38.5 Å². The van der Waals surface area contributed by atoms with Gasteiger partial charge < -0.3 is 4.85 Å². The van der Waals surface area contributed by atoms with Crippen LogP contribution >= 0.6 is 0 Å². The number of nitrogens with zero attached hydrogens (tertiary/aromatic N) is 1. The van der Waals surface area contributed by atoms with E-state index in [4.69, 9.17) is 6.57 Å². The molecule has 0 aromatic heterocycles. The highest BCUT2D eigenvalue weighted by Crippen LogP contribution is 2.56. The summed E-state index contributed by atoms with van der Waals surface area (Å²) in [7, 11) is 0. The second kappa shape index (κ2) is 22.4. The average Bonchev–Trinajstić information content (AvgIpc) is 3.68. The van der Waals surface area contributed by atoms with Gasteiger partial charge in [0.25, 0.3) is 0 Å². The first-order valence-corrected chi connectivity index (χ1v) is 25.9. The average molecular weight is 910 g/mol. The van der Waals surface area contributed by atoms with Crippen molar-refractivity contribution in [1.29, 1.82) is 0 Å². The van der Waals surface area contributed by atoms with Crippen molar-refractivity contribution in [2.45, 2.75) is 102 Å². The Kier molecular flexibility index (Phi) is 15.3. The number of unbranched alkanes of at least 4 members (excludes halogenated alkanes) is 6. The predicted octanol–water partition coefficient (Wildman–Crippen LogP) is 19.5. The molecule has 70 heavy (non-hydrogen) atoms. The van der Waals surface area contributed by atoms with Gasteiger partial charge in [0, 0.05) is 25.7 Å². The summed E-state index contributed by atoms with van der Waals surface area (Å²) in [6.45, 7) is 14.3. The van der Waals surface area contributed by atoms with Crippen LogP contribution in [0.3, 0.4) is 0 Å². The van der Waals surface area contributed by atoms with Crippen molar-refractivity contribution >= 4 is 23.3 Å². The minimum Gasteiger partial charge on any atom is -0.311 e. The summed E-state index contributed by atoms with van der Waals surface area (Å²) in [5.74, 6) is 0. The highest BCUT2D eigenvalue weighted by molar-refractivity contribution is 5.93. The molecule has 0 N–H and O–H groups in total. The van der Waals surface area contributed by atoms with Crippen LogP contribution in [0.1, 0.15) is 136 Å². The molecule has 0 heterocycles. The number of fused-ring (bicyclic) bond motifs is 3. The van der Waals surface area contributed by atoms with Crippen molar-refractivity contribution in [1.82, 2.24) is 0 Å². The molecule has 8 aromatic carbocycles. The Labute approximate surface area is 419 Å². The molecular weight excluding hydrogens is 843 g/mol. The van der Waals surface area contributed by atoms with Crippen LogP contribution in [0.25, 0.3) is 61.5 Å². The Morgan fingerprint density at radius 2 is 0.786 bits per heavy atom. The van der Waals surface area contributed by atoms with Crippen LogP contribution in [0.5, 0.6) is 0 Å². The zero-order chi connectivity index (χ0) is 48.2. The topological polar surface area (TPSA) is 4.36 Å². The van der Waals surface area contributed by atoms with Crippen LogP contribution in [0.4, 0.5) is 0 Å². The Hall–Kier alpha value is -7.27. The number of hydrogen-bond acceptors (Lipinski definition) is 0. The lowest BCUT2D eigenvalue weighted by atomic mass is 9.70. The molecule has 0 unspecified atom stereocenters. The van der Waals surface area contributed by atoms with Gasteiger partial charge in [-0.15, -0.1) is 0 Å². The molecule has 0 aliphatic heterocycles. The largest absolute Gasteiger partial charge is 0.311 e. The normalized spacial score (nSPS) is 12.4. The molecule has 0 saturated heterocycles. The summed E-state index contributed by atoms with van der Waals surface area (Å²) in [5, 5.41) is 0. The van der Waals surface area contributed by atoms with Crippen LogP contribution in [0.15, 0.2) is 206 Å². The fourth-order valence-electron chi connectivity index (χ4n) is 10.8. The Balaban J connectivity index is 1.08. The minimum atomic E-state index is -0.306. The molecule has 0 spiro atoms. The lowest BCUT2D eigenvalue weighted by Gasteiger charge is -2.33. The fourth-order valence-corrected chi connectivity index (χ4v) is 10.8. The van der Waals surface area contributed by atoms with Crippen LogP contribution < -0.4 is 0 Å². The van der Waals surface area contributed by atoms with E-state index in [1.807, 2.05) is 0 Å². The second-order valence-electron chi connectivity index (χ2n) is 20.1. The number of rotatable bonds is 20. The molecule has 1 heteroatoms. The molecule has 0 atom stereocenters. The van der Waals surface area contributed by atoms with Gasteiger partial charge in [0.1, 0.15) is 0 Å². The monoisotopic (exact) mass is 910 g/mol. The maximum absolute atomic E-state index is 7.77. The smallest absolute Gasteiger partial charge is 0.227 e. The maximum atomic E-state index is 7.77. The molecule has 0 saturated carbocycles. The van der Waals surface area contributed by atoms with Crippen molar-refractivity contribution < 1.29 is 0 Å². The Bertz CT molecular complexity index is 2790. The van der Waals surface area contributed by atoms with Crippen LogP contribution in [0.2, 0.25) is 0 Å². The summed E-state index contributed by atoms with van der Waals surface area (Å²) in [5.41, 5.74) is 20.0. The molecule has 1 aliphatic carbocycles. The molecular formula is C69H67N. The number of benzene rings is 8. The van der Waals surface area contributed by atoms with E-state index in [1.165, 1.54) is 121 Å². The van der Waals surface area contributed by atoms with Gasteiger partial charge in [0.05, 0.1) is 0 Å². The van der Waals surface area contributed by atoms with Gasteiger partial charge in [-0.3, -0.25) is 0 Å². The van der Waals surface area contributed by atoms with Gasteiger partial charge in [-0.1, -0.05) is 246 Å². The van der Waals surface area contributed by atoms with Crippen LogP contribution in [-0.2, 0) is 5.41 Å². The Morgan fingerprint density at radius 3 is 1.16 bits per heavy atom. The number of hydrogen-bond donors (Lipinski definition) is 0. The molecule has 1 aliphatic rings. The zero-order valence-electron chi connectivity index (χ0n) is 41.5. The summed E-state index contributed by atoms with van der Waals surface area (Å²) in [6.07, 6.45) is 17.4. The van der Waals surface area contributed by atoms with Gasteiger partial charge in [0.2, 0.25) is 5.54 Å². The van der Waals surface area contributed by atoms with Crippen molar-refractivity contribution in [2.24, 2.45) is 0 Å². The molecule has 9 rings (SSSR count). The third-order valence-electron chi connectivity index (χ3n) is 14.7. The van der Waals surface area contributed by atoms with Crippen molar-refractivity contribution in [3.63, 3.8) is 0 Å². The first kappa shape index (κ1) is 47.8. The van der Waals surface area contributed by atoms with Gasteiger partial charge in [0.15, 0.2) is 0 Å². The van der Waals surface area contributed by atoms with E-state index in [-0.39, 0.29) is 11.0 Å². The van der Waals surface area contributed by atoms with E-state index >= 15 is 0 Å². The summed E-state index contributed by atoms with van der Waals surface area (Å²) in [4.78, 5) is 3.95. The lowest BCUT2D eigenvalue weighted by Crippen LogP contribution is -2.26. The zero-order valence-corrected chi connectivity index (χ0v) is 41.5. The summed E-state index contributed by atoms with van der Waals surface area (Å²) >= 11 is 0. The third-order valence-corrected chi connectivity index (χ3v) is 14.7. The van der Waals surface area contributed by atoms with E-state index in [1.54, 1.807) is 0 Å². The van der Waals surface area contributed by atoms with Crippen molar-refractivity contribution in [3.8, 4) is 33.4 Å². The minimum absolute atomic E-state index is 0.107. The highest BCUT2D eigenvalue weighted by Gasteiger charge is 2.42. The van der Waals surface area contributed by atoms with Gasteiger partial charge >= 0.3 is 0 Å². The molecule has 0 amide bonds. The molecule has 8 aromatic rings. The van der Waals surface area contributed by atoms with E-state index in [2.05, 4.69) is 244 Å². The fraction of sp³-hybridized carbons (Fsp3) is 0.232. The van der Waals surface area contributed by atoms with Gasteiger partial charge in [-0.25, -0.2) is 6.57 Å². The summed E-state index contributed by atoms with van der Waals surface area (Å²) < 4.78 is 0. The van der Waals surface area contributed by atoms with Crippen LogP contribution in [0, 0.1) is 6.57 Å². The second-order valence-corrected chi connectivity index (χ2v) is 20.1. The van der Waals surface area contributed by atoms with E-state index in [0.29, 0.717) is 0 Å². The maximum Gasteiger partial charge on any atom is 0.227 e. The first-order chi connectivity index (χ1) is 34.3. The van der Waals surface area contributed by atoms with E-state index < -0.39 is 0 Å². The van der Waals surface area contributed by atoms with Crippen LogP contribution in [-0.4, -0.2) is 5.54 Å². The highest BCUT2D eigenvalue weighted by atomic mass is 14.8. The molecule has 0 radical (unpaired) electrons. The Morgan fingerprint density at radius 1 is 0.429 bits per heavy atom. The molecule has 0 bridgehead atoms. The molecule has 348 valence electrons. The standard InChI is InChI=1S/C69H67N/c1-5-6-7-8-23-46-69(47-24-13-22-45-68(2,3)70-4)66-50-60(54-37-33-52(34-38-54)48-64(56-25-14-9-15-26-56)57-27-16-10-17-28-57)41-43-62(66)63-44-42-61(51-67(63)69)55-39-35-53(36-40-55)49-65(58-29-18-11-19-30-58)59-31-20-12-21-32-59/h9-12,14-21,25-44,48-51H,5-8,13,22-24,45-47H2,1-3H3. The lowest BCUT2D eigenvalue weighted by molar-refractivity contribution is 0.394. The SMILES string of the molecule is [C-]#[N+]C(C)(C)CCCCCC1(CCCCCCC)c2cc(-c3ccc(C=C(c4ccccc4)c4ccccc4)cc3)ccc2-c2ccc(-c3ccc(C=C(c4ccccc4)c4ccccc4)cc3)cc21. The molecule has 0 fully saturated rings.